The van der Waals surface area contributed by atoms with E-state index in [1.807, 2.05) is 0 Å². The second-order valence-electron chi connectivity index (χ2n) is 6.79. The average molecular weight is 481 g/mol. The molecule has 1 amide bonds. The third-order valence-corrected chi connectivity index (χ3v) is 6.73. The molecule has 0 aliphatic rings. The molecule has 31 heavy (non-hydrogen) atoms. The van der Waals surface area contributed by atoms with Gasteiger partial charge in [-0.3, -0.25) is 9.10 Å². The lowest BCUT2D eigenvalue weighted by Crippen LogP contribution is -2.41. The maximum atomic E-state index is 13.3. The van der Waals surface area contributed by atoms with E-state index in [2.05, 4.69) is 5.32 Å². The van der Waals surface area contributed by atoms with Gasteiger partial charge in [0.1, 0.15) is 12.4 Å². The van der Waals surface area contributed by atoms with Crippen molar-refractivity contribution < 1.29 is 17.6 Å². The Morgan fingerprint density at radius 2 is 1.58 bits per heavy atom. The van der Waals surface area contributed by atoms with Crippen LogP contribution in [0.5, 0.6) is 0 Å². The predicted molar refractivity (Wildman–Crippen MR) is 120 cm³/mol. The van der Waals surface area contributed by atoms with Crippen LogP contribution in [-0.4, -0.2) is 20.9 Å². The van der Waals surface area contributed by atoms with E-state index in [-0.39, 0.29) is 26.4 Å². The van der Waals surface area contributed by atoms with Crippen LogP contribution in [0.4, 0.5) is 10.1 Å². The molecule has 0 saturated carbocycles. The summed E-state index contributed by atoms with van der Waals surface area (Å²) in [5.41, 5.74) is 0.837. The van der Waals surface area contributed by atoms with Crippen molar-refractivity contribution in [3.05, 3.63) is 94.2 Å². The Morgan fingerprint density at radius 1 is 1.00 bits per heavy atom. The van der Waals surface area contributed by atoms with Gasteiger partial charge in [-0.15, -0.1) is 0 Å². The molecule has 0 aliphatic heterocycles. The lowest BCUT2D eigenvalue weighted by molar-refractivity contribution is -0.120. The van der Waals surface area contributed by atoms with E-state index in [0.29, 0.717) is 5.56 Å². The van der Waals surface area contributed by atoms with Gasteiger partial charge in [-0.25, -0.2) is 12.8 Å². The highest BCUT2D eigenvalue weighted by Crippen LogP contribution is 2.29. The number of hydrogen-bond donors (Lipinski definition) is 1. The monoisotopic (exact) mass is 480 g/mol. The Kier molecular flexibility index (Phi) is 7.20. The first-order chi connectivity index (χ1) is 14.7. The third kappa shape index (κ3) is 5.76. The van der Waals surface area contributed by atoms with Gasteiger partial charge in [-0.2, -0.15) is 0 Å². The molecule has 162 valence electrons. The molecule has 0 saturated heterocycles. The Morgan fingerprint density at radius 3 is 2.16 bits per heavy atom. The molecule has 3 rings (SSSR count). The van der Waals surface area contributed by atoms with Crippen LogP contribution in [0.15, 0.2) is 77.7 Å². The van der Waals surface area contributed by atoms with Crippen molar-refractivity contribution >= 4 is 44.8 Å². The predicted octanol–water partition coefficient (Wildman–Crippen LogP) is 5.21. The molecule has 0 radical (unpaired) electrons. The molecule has 0 spiro atoms. The van der Waals surface area contributed by atoms with E-state index in [0.717, 1.165) is 4.31 Å². The van der Waals surface area contributed by atoms with Crippen molar-refractivity contribution in [3.63, 3.8) is 0 Å². The summed E-state index contributed by atoms with van der Waals surface area (Å²) in [5, 5.41) is 3.20. The SMILES string of the molecule is C[C@H](NC(=O)CN(c1cc(Cl)cc(Cl)c1)S(=O)(=O)c1ccccc1)c1ccc(F)cc1. The number of nitrogens with one attached hydrogen (secondary N) is 1. The van der Waals surface area contributed by atoms with Gasteiger partial charge in [0.15, 0.2) is 0 Å². The van der Waals surface area contributed by atoms with Crippen molar-refractivity contribution in [2.24, 2.45) is 0 Å². The Hall–Kier alpha value is -2.61. The molecule has 1 N–H and O–H groups in total. The number of sulfonamides is 1. The number of carbonyl (C=O) groups excluding carboxylic acids is 1. The highest BCUT2D eigenvalue weighted by Gasteiger charge is 2.28. The minimum absolute atomic E-state index is 0.0190. The number of amides is 1. The smallest absolute Gasteiger partial charge is 0.264 e. The Labute approximate surface area is 190 Å². The summed E-state index contributed by atoms with van der Waals surface area (Å²) in [6.45, 7) is 1.22. The van der Waals surface area contributed by atoms with Crippen molar-refractivity contribution in [1.29, 1.82) is 0 Å². The molecule has 0 aliphatic carbocycles. The van der Waals surface area contributed by atoms with Crippen molar-refractivity contribution in [1.82, 2.24) is 5.32 Å². The number of hydrogen-bond acceptors (Lipinski definition) is 3. The lowest BCUT2D eigenvalue weighted by atomic mass is 10.1. The van der Waals surface area contributed by atoms with Crippen LogP contribution in [0.1, 0.15) is 18.5 Å². The largest absolute Gasteiger partial charge is 0.348 e. The standard InChI is InChI=1S/C22H19Cl2FN2O3S/c1-15(16-7-9-19(25)10-8-16)26-22(28)14-27(20-12-17(23)11-18(24)13-20)31(29,30)21-5-3-2-4-6-21/h2-13,15H,14H2,1H3,(H,26,28)/t15-/m0/s1. The fourth-order valence-corrected chi connectivity index (χ4v) is 4.91. The topological polar surface area (TPSA) is 66.5 Å². The summed E-state index contributed by atoms with van der Waals surface area (Å²) in [5.74, 6) is -0.937. The molecule has 9 heteroatoms. The van der Waals surface area contributed by atoms with E-state index in [1.165, 1.54) is 42.5 Å². The molecule has 0 fully saturated rings. The first-order valence-corrected chi connectivity index (χ1v) is 11.4. The fraction of sp³-hybridized carbons (Fsp3) is 0.136. The van der Waals surface area contributed by atoms with Gasteiger partial charge in [-0.1, -0.05) is 53.5 Å². The van der Waals surface area contributed by atoms with Gasteiger partial charge in [0.05, 0.1) is 16.6 Å². The number of nitrogens with zero attached hydrogens (tertiary/aromatic N) is 1. The van der Waals surface area contributed by atoms with Crippen LogP contribution >= 0.6 is 23.2 Å². The molecule has 0 heterocycles. The first-order valence-electron chi connectivity index (χ1n) is 9.25. The summed E-state index contributed by atoms with van der Waals surface area (Å²) >= 11 is 12.1. The summed E-state index contributed by atoms with van der Waals surface area (Å²) in [6.07, 6.45) is 0. The van der Waals surface area contributed by atoms with Crippen LogP contribution in [-0.2, 0) is 14.8 Å². The van der Waals surface area contributed by atoms with Gasteiger partial charge in [0.25, 0.3) is 10.0 Å². The average Bonchev–Trinajstić information content (AvgIpc) is 2.72. The van der Waals surface area contributed by atoms with E-state index in [9.17, 15) is 17.6 Å². The highest BCUT2D eigenvalue weighted by atomic mass is 35.5. The number of carbonyl (C=O) groups is 1. The van der Waals surface area contributed by atoms with E-state index < -0.39 is 28.5 Å². The molecule has 0 unspecified atom stereocenters. The van der Waals surface area contributed by atoms with Gasteiger partial charge in [0.2, 0.25) is 5.91 Å². The van der Waals surface area contributed by atoms with Crippen LogP contribution in [0.25, 0.3) is 0 Å². The minimum Gasteiger partial charge on any atom is -0.348 e. The second-order valence-corrected chi connectivity index (χ2v) is 9.53. The van der Waals surface area contributed by atoms with Gasteiger partial charge >= 0.3 is 0 Å². The molecule has 1 atom stereocenters. The zero-order valence-electron chi connectivity index (χ0n) is 16.4. The van der Waals surface area contributed by atoms with Crippen LogP contribution in [0, 0.1) is 5.82 Å². The summed E-state index contributed by atoms with van der Waals surface area (Å²) in [4.78, 5) is 12.8. The van der Waals surface area contributed by atoms with Crippen LogP contribution < -0.4 is 9.62 Å². The Balaban J connectivity index is 1.91. The maximum absolute atomic E-state index is 13.3. The molecule has 3 aromatic carbocycles. The number of benzene rings is 3. The lowest BCUT2D eigenvalue weighted by Gasteiger charge is -2.25. The second kappa shape index (κ2) is 9.68. The van der Waals surface area contributed by atoms with Crippen molar-refractivity contribution in [3.8, 4) is 0 Å². The normalized spacial score (nSPS) is 12.3. The molecular weight excluding hydrogens is 462 g/mol. The third-order valence-electron chi connectivity index (χ3n) is 4.50. The highest BCUT2D eigenvalue weighted by molar-refractivity contribution is 7.92. The van der Waals surface area contributed by atoms with E-state index >= 15 is 0 Å². The summed E-state index contributed by atoms with van der Waals surface area (Å²) in [6, 6.07) is 17.3. The molecule has 0 aromatic heterocycles. The summed E-state index contributed by atoms with van der Waals surface area (Å²) in [7, 11) is -4.08. The van der Waals surface area contributed by atoms with Crippen LogP contribution in [0.3, 0.4) is 0 Å². The van der Waals surface area contributed by atoms with Crippen LogP contribution in [0.2, 0.25) is 10.0 Å². The number of rotatable bonds is 7. The van der Waals surface area contributed by atoms with Crippen molar-refractivity contribution in [2.75, 3.05) is 10.8 Å². The minimum atomic E-state index is -4.08. The number of anilines is 1. The zero-order valence-corrected chi connectivity index (χ0v) is 18.8. The van der Waals surface area contributed by atoms with E-state index in [1.54, 1.807) is 37.3 Å². The fourth-order valence-electron chi connectivity index (χ4n) is 2.97. The number of halogens is 3. The molecule has 3 aromatic rings. The zero-order chi connectivity index (χ0) is 22.6. The summed E-state index contributed by atoms with van der Waals surface area (Å²) < 4.78 is 40.7. The van der Waals surface area contributed by atoms with Gasteiger partial charge in [0, 0.05) is 10.0 Å². The van der Waals surface area contributed by atoms with Gasteiger partial charge < -0.3 is 5.32 Å². The van der Waals surface area contributed by atoms with Crippen molar-refractivity contribution in [2.45, 2.75) is 17.9 Å². The quantitative estimate of drug-likeness (QED) is 0.504. The molecule has 5 nitrogen and oxygen atoms in total. The Bertz CT molecular complexity index is 1150. The maximum Gasteiger partial charge on any atom is 0.264 e. The van der Waals surface area contributed by atoms with Gasteiger partial charge in [-0.05, 0) is 55.0 Å². The first kappa shape index (κ1) is 23.1. The molecule has 0 bridgehead atoms. The van der Waals surface area contributed by atoms with E-state index in [4.69, 9.17) is 23.2 Å². The molecular formula is C22H19Cl2FN2O3S.